The molecular weight excluding hydrogens is 504 g/mol. The Morgan fingerprint density at radius 1 is 1.11 bits per heavy atom. The minimum Gasteiger partial charge on any atom is -0.384 e. The van der Waals surface area contributed by atoms with Crippen LogP contribution in [0.4, 0.5) is 32.2 Å². The Labute approximate surface area is 209 Å². The fourth-order valence-corrected chi connectivity index (χ4v) is 4.15. The Kier molecular flexibility index (Phi) is 8.35. The number of carbonyl (C=O) groups excluding carboxylic acids is 2. The third-order valence-electron chi connectivity index (χ3n) is 6.13. The van der Waals surface area contributed by atoms with E-state index in [9.17, 15) is 35.9 Å². The molecule has 0 saturated carbocycles. The number of carbonyl (C=O) groups is 2. The van der Waals surface area contributed by atoms with Gasteiger partial charge in [0.15, 0.2) is 0 Å². The molecule has 1 aliphatic heterocycles. The lowest BCUT2D eigenvalue weighted by Crippen LogP contribution is -2.50. The van der Waals surface area contributed by atoms with Gasteiger partial charge in [-0.3, -0.25) is 9.59 Å². The summed E-state index contributed by atoms with van der Waals surface area (Å²) in [4.78, 5) is 29.1. The summed E-state index contributed by atoms with van der Waals surface area (Å²) in [7, 11) is 0. The zero-order chi connectivity index (χ0) is 27.5. The molecule has 1 fully saturated rings. The van der Waals surface area contributed by atoms with E-state index in [0.29, 0.717) is 23.6 Å². The smallest absolute Gasteiger partial charge is 0.384 e. The standard InChI is InChI=1S/C24H27F6N5O2/c1-12-16(3-4-20(31)34-12)11-33-21(36)13(2)35-22(37)19-8-15(10-32-19)5-14-6-17(23(25,26)27)9-18(7-14)24(28,29)30/h3-4,6-7,9,13,15,19,32H,5,8,10-11H2,1-2H3,(H2,31,34)(H,33,36)(H,35,37)/t13-,15?,19?/m0/s1. The molecule has 2 aromatic rings. The predicted octanol–water partition coefficient (Wildman–Crippen LogP) is 3.35. The number of nitrogen functional groups attached to an aromatic ring is 1. The lowest BCUT2D eigenvalue weighted by atomic mass is 9.93. The molecule has 202 valence electrons. The number of amides is 2. The van der Waals surface area contributed by atoms with Gasteiger partial charge in [-0.2, -0.15) is 26.3 Å². The summed E-state index contributed by atoms with van der Waals surface area (Å²) in [5.41, 5.74) is 4.15. The summed E-state index contributed by atoms with van der Waals surface area (Å²) in [6, 6.07) is 3.20. The number of rotatable bonds is 7. The molecule has 0 bridgehead atoms. The fraction of sp³-hybridized carbons (Fsp3) is 0.458. The minimum atomic E-state index is -4.92. The SMILES string of the molecule is Cc1nc(N)ccc1CNC(=O)[C@H](C)NC(=O)C1CC(Cc2cc(C(F)(F)F)cc(C(F)(F)F)c2)CN1. The van der Waals surface area contributed by atoms with Gasteiger partial charge in [0.2, 0.25) is 11.8 Å². The van der Waals surface area contributed by atoms with E-state index in [-0.39, 0.29) is 43.5 Å². The van der Waals surface area contributed by atoms with Crippen LogP contribution in [-0.4, -0.2) is 35.4 Å². The summed E-state index contributed by atoms with van der Waals surface area (Å²) in [5.74, 6) is -0.951. The van der Waals surface area contributed by atoms with E-state index in [1.54, 1.807) is 19.1 Å². The van der Waals surface area contributed by atoms with Crippen molar-refractivity contribution in [1.82, 2.24) is 20.9 Å². The van der Waals surface area contributed by atoms with E-state index >= 15 is 0 Å². The third-order valence-corrected chi connectivity index (χ3v) is 6.13. The van der Waals surface area contributed by atoms with Crippen molar-refractivity contribution < 1.29 is 35.9 Å². The van der Waals surface area contributed by atoms with Gasteiger partial charge in [-0.05, 0) is 74.5 Å². The number of anilines is 1. The second-order valence-corrected chi connectivity index (χ2v) is 9.11. The molecule has 3 atom stereocenters. The van der Waals surface area contributed by atoms with Gasteiger partial charge >= 0.3 is 12.4 Å². The molecule has 2 heterocycles. The van der Waals surface area contributed by atoms with Crippen molar-refractivity contribution in [3.05, 3.63) is 58.3 Å². The lowest BCUT2D eigenvalue weighted by molar-refractivity contribution is -0.143. The number of nitrogens with two attached hydrogens (primary N) is 1. The molecule has 2 unspecified atom stereocenters. The number of nitrogens with zero attached hydrogens (tertiary/aromatic N) is 1. The molecule has 13 heteroatoms. The Morgan fingerprint density at radius 2 is 1.73 bits per heavy atom. The van der Waals surface area contributed by atoms with E-state index in [4.69, 9.17) is 5.73 Å². The highest BCUT2D eigenvalue weighted by molar-refractivity contribution is 5.89. The molecule has 0 radical (unpaired) electrons. The first kappa shape index (κ1) is 28.2. The highest BCUT2D eigenvalue weighted by Crippen LogP contribution is 2.37. The molecule has 5 N–H and O–H groups in total. The highest BCUT2D eigenvalue weighted by Gasteiger charge is 2.38. The van der Waals surface area contributed by atoms with Crippen LogP contribution in [0, 0.1) is 12.8 Å². The third kappa shape index (κ3) is 7.57. The van der Waals surface area contributed by atoms with Crippen LogP contribution >= 0.6 is 0 Å². The zero-order valence-electron chi connectivity index (χ0n) is 20.1. The summed E-state index contributed by atoms with van der Waals surface area (Å²) in [6.45, 7) is 3.64. The number of halogens is 6. The van der Waals surface area contributed by atoms with E-state index in [0.717, 1.165) is 5.56 Å². The number of nitrogens with one attached hydrogen (secondary N) is 3. The van der Waals surface area contributed by atoms with E-state index < -0.39 is 47.4 Å². The zero-order valence-corrected chi connectivity index (χ0v) is 20.1. The molecule has 0 aliphatic carbocycles. The van der Waals surface area contributed by atoms with Crippen molar-refractivity contribution in [1.29, 1.82) is 0 Å². The van der Waals surface area contributed by atoms with Crippen molar-refractivity contribution in [3.8, 4) is 0 Å². The van der Waals surface area contributed by atoms with Crippen LogP contribution in [0.1, 0.15) is 41.3 Å². The molecule has 1 aromatic heterocycles. The monoisotopic (exact) mass is 531 g/mol. The number of aryl methyl sites for hydroxylation is 1. The summed E-state index contributed by atoms with van der Waals surface area (Å²) >= 11 is 0. The quantitative estimate of drug-likeness (QED) is 0.410. The fourth-order valence-electron chi connectivity index (χ4n) is 4.15. The number of hydrogen-bond donors (Lipinski definition) is 4. The minimum absolute atomic E-state index is 0.0746. The molecule has 1 saturated heterocycles. The Morgan fingerprint density at radius 3 is 2.30 bits per heavy atom. The molecule has 3 rings (SSSR count). The van der Waals surface area contributed by atoms with Crippen LogP contribution < -0.4 is 21.7 Å². The molecular formula is C24H27F6N5O2. The maximum Gasteiger partial charge on any atom is 0.416 e. The van der Waals surface area contributed by atoms with Gasteiger partial charge in [-0.25, -0.2) is 4.98 Å². The number of benzene rings is 1. The predicted molar refractivity (Wildman–Crippen MR) is 123 cm³/mol. The summed E-state index contributed by atoms with van der Waals surface area (Å²) in [6.07, 6.45) is -9.73. The Bertz CT molecular complexity index is 1120. The van der Waals surface area contributed by atoms with Gasteiger partial charge < -0.3 is 21.7 Å². The van der Waals surface area contributed by atoms with Crippen LogP contribution in [0.2, 0.25) is 0 Å². The first-order valence-corrected chi connectivity index (χ1v) is 11.5. The molecule has 1 aliphatic rings. The highest BCUT2D eigenvalue weighted by atomic mass is 19.4. The second kappa shape index (κ2) is 11.0. The van der Waals surface area contributed by atoms with Crippen molar-refractivity contribution >= 4 is 17.6 Å². The van der Waals surface area contributed by atoms with Crippen LogP contribution in [0.5, 0.6) is 0 Å². The van der Waals surface area contributed by atoms with Gasteiger partial charge in [-0.15, -0.1) is 0 Å². The summed E-state index contributed by atoms with van der Waals surface area (Å²) in [5, 5.41) is 8.19. The molecule has 37 heavy (non-hydrogen) atoms. The van der Waals surface area contributed by atoms with Crippen molar-refractivity contribution in [3.63, 3.8) is 0 Å². The number of pyridine rings is 1. The van der Waals surface area contributed by atoms with Crippen LogP contribution in [0.15, 0.2) is 30.3 Å². The average Bonchev–Trinajstić information content (AvgIpc) is 3.25. The Balaban J connectivity index is 1.56. The lowest BCUT2D eigenvalue weighted by Gasteiger charge is -2.18. The van der Waals surface area contributed by atoms with Crippen LogP contribution in [0.3, 0.4) is 0 Å². The first-order valence-electron chi connectivity index (χ1n) is 11.5. The normalized spacial score (nSPS) is 18.9. The average molecular weight is 532 g/mol. The number of alkyl halides is 6. The second-order valence-electron chi connectivity index (χ2n) is 9.11. The molecule has 7 nitrogen and oxygen atoms in total. The van der Waals surface area contributed by atoms with Crippen molar-refractivity contribution in [2.75, 3.05) is 12.3 Å². The Hall–Kier alpha value is -3.35. The maximum absolute atomic E-state index is 13.1. The van der Waals surface area contributed by atoms with Gasteiger partial charge in [-0.1, -0.05) is 6.07 Å². The largest absolute Gasteiger partial charge is 0.416 e. The number of aromatic nitrogens is 1. The van der Waals surface area contributed by atoms with Gasteiger partial charge in [0.05, 0.1) is 17.2 Å². The van der Waals surface area contributed by atoms with E-state index in [1.165, 1.54) is 6.92 Å². The topological polar surface area (TPSA) is 109 Å². The number of hydrogen-bond acceptors (Lipinski definition) is 5. The van der Waals surface area contributed by atoms with E-state index in [1.807, 2.05) is 0 Å². The molecule has 2 amide bonds. The van der Waals surface area contributed by atoms with Crippen molar-refractivity contribution in [2.24, 2.45) is 5.92 Å². The van der Waals surface area contributed by atoms with E-state index in [2.05, 4.69) is 20.9 Å². The first-order chi connectivity index (χ1) is 17.1. The van der Waals surface area contributed by atoms with Gasteiger partial charge in [0, 0.05) is 12.2 Å². The van der Waals surface area contributed by atoms with Gasteiger partial charge in [0.25, 0.3) is 0 Å². The van der Waals surface area contributed by atoms with Crippen LogP contribution in [-0.2, 0) is 34.9 Å². The summed E-state index contributed by atoms with van der Waals surface area (Å²) < 4.78 is 78.7. The van der Waals surface area contributed by atoms with Crippen LogP contribution in [0.25, 0.3) is 0 Å². The van der Waals surface area contributed by atoms with Crippen molar-refractivity contribution in [2.45, 2.75) is 57.7 Å². The maximum atomic E-state index is 13.1. The van der Waals surface area contributed by atoms with Gasteiger partial charge in [0.1, 0.15) is 11.9 Å². The molecule has 1 aromatic carbocycles. The molecule has 0 spiro atoms.